The number of hydrogen-bond donors (Lipinski definition) is 0. The summed E-state index contributed by atoms with van der Waals surface area (Å²) in [5.74, 6) is 0. The fraction of sp³-hybridized carbons (Fsp3) is 0.500. The molecule has 2 aliphatic carbocycles. The van der Waals surface area contributed by atoms with E-state index >= 15 is 0 Å². The van der Waals surface area contributed by atoms with Crippen LogP contribution in [0.5, 0.6) is 0 Å². The van der Waals surface area contributed by atoms with Gasteiger partial charge in [0.2, 0.25) is 0 Å². The lowest BCUT2D eigenvalue weighted by atomic mass is 9.91. The zero-order valence-corrected chi connectivity index (χ0v) is 18.2. The molecule has 0 saturated carbocycles. The summed E-state index contributed by atoms with van der Waals surface area (Å²) in [6, 6.07) is 6.36. The Morgan fingerprint density at radius 3 is 2.23 bits per heavy atom. The van der Waals surface area contributed by atoms with Crippen molar-refractivity contribution in [2.24, 2.45) is 10.3 Å². The van der Waals surface area contributed by atoms with Gasteiger partial charge >= 0.3 is 0 Å². The van der Waals surface area contributed by atoms with Crippen LogP contribution in [0.15, 0.2) is 28.5 Å². The van der Waals surface area contributed by atoms with Crippen LogP contribution in [0.4, 0.5) is 0 Å². The highest BCUT2D eigenvalue weighted by atomic mass is 16.6. The van der Waals surface area contributed by atoms with Gasteiger partial charge in [0.25, 0.3) is 0 Å². The Balaban J connectivity index is 1.28. The van der Waals surface area contributed by atoms with E-state index in [1.54, 1.807) is 0 Å². The minimum atomic E-state index is 0.502. The van der Waals surface area contributed by atoms with Crippen LogP contribution in [-0.4, -0.2) is 34.6 Å². The smallest absolute Gasteiger partial charge is 0.120 e. The third-order valence-electron chi connectivity index (χ3n) is 5.66. The highest BCUT2D eigenvalue weighted by Gasteiger charge is 2.20. The van der Waals surface area contributed by atoms with Crippen LogP contribution >= 0.6 is 0 Å². The summed E-state index contributed by atoms with van der Waals surface area (Å²) in [6.07, 6.45) is 6.88. The van der Waals surface area contributed by atoms with Crippen molar-refractivity contribution in [1.29, 1.82) is 0 Å². The maximum absolute atomic E-state index is 5.58. The number of hydrogen-bond acceptors (Lipinski definition) is 6. The second kappa shape index (κ2) is 9.37. The van der Waals surface area contributed by atoms with Gasteiger partial charge < -0.3 is 9.68 Å². The number of pyridine rings is 2. The van der Waals surface area contributed by atoms with Crippen LogP contribution in [0, 0.1) is 20.8 Å². The first-order valence-corrected chi connectivity index (χ1v) is 10.9. The van der Waals surface area contributed by atoms with Gasteiger partial charge in [-0.05, 0) is 88.1 Å². The molecule has 2 heterocycles. The molecule has 6 heteroatoms. The molecule has 2 aromatic heterocycles. The van der Waals surface area contributed by atoms with Crippen molar-refractivity contribution in [1.82, 2.24) is 9.97 Å². The molecule has 0 aliphatic heterocycles. The van der Waals surface area contributed by atoms with Crippen molar-refractivity contribution >= 4 is 11.4 Å². The standard InChI is InChI=1S/C24H30N4O2/c1-16-15-18(3)26-24-20(16)8-5-10-22(24)28-30-14-6-13-29-27-21-9-4-7-19-12-11-17(2)25-23(19)21/h11-12,15H,4-10,13-14H2,1-3H3. The van der Waals surface area contributed by atoms with E-state index < -0.39 is 0 Å². The van der Waals surface area contributed by atoms with Gasteiger partial charge in [-0.2, -0.15) is 0 Å². The van der Waals surface area contributed by atoms with Crippen molar-refractivity contribution in [2.75, 3.05) is 13.2 Å². The minimum absolute atomic E-state index is 0.502. The van der Waals surface area contributed by atoms with Gasteiger partial charge in [0.1, 0.15) is 24.6 Å². The molecule has 30 heavy (non-hydrogen) atoms. The fourth-order valence-corrected chi connectivity index (χ4v) is 4.18. The van der Waals surface area contributed by atoms with Gasteiger partial charge in [-0.25, -0.2) is 0 Å². The quantitative estimate of drug-likeness (QED) is 0.519. The zero-order valence-electron chi connectivity index (χ0n) is 18.2. The van der Waals surface area contributed by atoms with Crippen molar-refractivity contribution in [3.05, 3.63) is 57.7 Å². The van der Waals surface area contributed by atoms with Gasteiger partial charge in [-0.15, -0.1) is 0 Å². The van der Waals surface area contributed by atoms with E-state index in [1.165, 1.54) is 16.7 Å². The minimum Gasteiger partial charge on any atom is -0.395 e. The third-order valence-corrected chi connectivity index (χ3v) is 5.66. The normalized spacial score (nSPS) is 18.2. The first kappa shape index (κ1) is 20.5. The summed E-state index contributed by atoms with van der Waals surface area (Å²) >= 11 is 0. The van der Waals surface area contributed by atoms with E-state index in [0.29, 0.717) is 13.2 Å². The number of nitrogens with zero attached hydrogens (tertiary/aromatic N) is 4. The maximum Gasteiger partial charge on any atom is 0.120 e. The number of aryl methyl sites for hydroxylation is 4. The Hall–Kier alpha value is -2.76. The molecular formula is C24H30N4O2. The first-order chi connectivity index (χ1) is 14.6. The summed E-state index contributed by atoms with van der Waals surface area (Å²) in [5, 5.41) is 8.74. The molecule has 0 fully saturated rings. The Labute approximate surface area is 178 Å². The summed E-state index contributed by atoms with van der Waals surface area (Å²) < 4.78 is 0. The molecule has 0 bridgehead atoms. The molecule has 0 saturated heterocycles. The molecular weight excluding hydrogens is 376 g/mol. The monoisotopic (exact) mass is 406 g/mol. The van der Waals surface area contributed by atoms with Crippen molar-refractivity contribution in [2.45, 2.75) is 65.7 Å². The highest BCUT2D eigenvalue weighted by Crippen LogP contribution is 2.24. The number of rotatable bonds is 6. The number of oxime groups is 2. The van der Waals surface area contributed by atoms with Crippen LogP contribution in [0.1, 0.15) is 71.6 Å². The van der Waals surface area contributed by atoms with Gasteiger partial charge in [0.05, 0.1) is 11.4 Å². The average molecular weight is 407 g/mol. The zero-order chi connectivity index (χ0) is 20.9. The van der Waals surface area contributed by atoms with Crippen LogP contribution < -0.4 is 0 Å². The van der Waals surface area contributed by atoms with Crippen LogP contribution in [0.2, 0.25) is 0 Å². The molecule has 0 unspecified atom stereocenters. The first-order valence-electron chi connectivity index (χ1n) is 10.9. The Morgan fingerprint density at radius 2 is 1.47 bits per heavy atom. The third kappa shape index (κ3) is 4.69. The Morgan fingerprint density at radius 1 is 0.800 bits per heavy atom. The van der Waals surface area contributed by atoms with E-state index in [-0.39, 0.29) is 0 Å². The van der Waals surface area contributed by atoms with Crippen molar-refractivity contribution < 1.29 is 9.68 Å². The molecule has 0 N–H and O–H groups in total. The summed E-state index contributed by atoms with van der Waals surface area (Å²) in [7, 11) is 0. The van der Waals surface area contributed by atoms with Crippen LogP contribution in [0.25, 0.3) is 0 Å². The second-order valence-electron chi connectivity index (χ2n) is 8.17. The number of aromatic nitrogens is 2. The van der Waals surface area contributed by atoms with Gasteiger partial charge in [-0.3, -0.25) is 9.97 Å². The molecule has 0 amide bonds. The molecule has 6 nitrogen and oxygen atoms in total. The topological polar surface area (TPSA) is 69.0 Å². The van der Waals surface area contributed by atoms with E-state index in [2.05, 4.69) is 40.4 Å². The molecule has 0 atom stereocenters. The SMILES string of the molecule is Cc1ccc2c(n1)C(=NOCCCON=C1CCCc3c(C)cc(C)nc31)CCC2. The average Bonchev–Trinajstić information content (AvgIpc) is 2.73. The van der Waals surface area contributed by atoms with Gasteiger partial charge in [0, 0.05) is 17.8 Å². The number of fused-ring (bicyclic) bond motifs is 2. The fourth-order valence-electron chi connectivity index (χ4n) is 4.18. The van der Waals surface area contributed by atoms with Gasteiger partial charge in [0.15, 0.2) is 0 Å². The maximum atomic E-state index is 5.58. The molecule has 2 aliphatic rings. The van der Waals surface area contributed by atoms with E-state index in [4.69, 9.17) is 14.7 Å². The molecule has 2 aromatic rings. The Kier molecular flexibility index (Phi) is 6.41. The molecule has 0 radical (unpaired) electrons. The van der Waals surface area contributed by atoms with Crippen molar-refractivity contribution in [3.63, 3.8) is 0 Å². The molecule has 158 valence electrons. The van der Waals surface area contributed by atoms with E-state index in [1.807, 2.05) is 13.8 Å². The van der Waals surface area contributed by atoms with E-state index in [0.717, 1.165) is 79.1 Å². The summed E-state index contributed by atoms with van der Waals surface area (Å²) in [6.45, 7) is 7.19. The summed E-state index contributed by atoms with van der Waals surface area (Å²) in [4.78, 5) is 20.5. The van der Waals surface area contributed by atoms with E-state index in [9.17, 15) is 0 Å². The lowest BCUT2D eigenvalue weighted by Crippen LogP contribution is -2.17. The molecule has 0 aromatic carbocycles. The van der Waals surface area contributed by atoms with Gasteiger partial charge in [-0.1, -0.05) is 16.4 Å². The predicted molar refractivity (Wildman–Crippen MR) is 118 cm³/mol. The second-order valence-corrected chi connectivity index (χ2v) is 8.17. The predicted octanol–water partition coefficient (Wildman–Crippen LogP) is 4.61. The largest absolute Gasteiger partial charge is 0.395 e. The van der Waals surface area contributed by atoms with Crippen LogP contribution in [0.3, 0.4) is 0 Å². The lowest BCUT2D eigenvalue weighted by molar-refractivity contribution is 0.0894. The Bertz CT molecular complexity index is 981. The lowest BCUT2D eigenvalue weighted by Gasteiger charge is -2.19. The van der Waals surface area contributed by atoms with Crippen molar-refractivity contribution in [3.8, 4) is 0 Å². The van der Waals surface area contributed by atoms with Crippen LogP contribution in [-0.2, 0) is 22.5 Å². The summed E-state index contributed by atoms with van der Waals surface area (Å²) in [5.41, 5.74) is 9.85. The molecule has 0 spiro atoms. The molecule has 4 rings (SSSR count). The highest BCUT2D eigenvalue weighted by molar-refractivity contribution is 6.01.